The number of halogens is 3. The fourth-order valence-corrected chi connectivity index (χ4v) is 3.82. The number of hydrogen-bond acceptors (Lipinski definition) is 6. The Kier molecular flexibility index (Phi) is 7.37. The van der Waals surface area contributed by atoms with Crippen molar-refractivity contribution in [3.8, 4) is 5.88 Å². The van der Waals surface area contributed by atoms with Crippen LogP contribution in [0.15, 0.2) is 60.7 Å². The molecule has 3 aromatic rings. The fourth-order valence-electron chi connectivity index (χ4n) is 3.82. The number of benzene rings is 2. The molecule has 0 radical (unpaired) electrons. The highest BCUT2D eigenvalue weighted by atomic mass is 19.4. The van der Waals surface area contributed by atoms with E-state index in [1.807, 2.05) is 24.0 Å². The number of ether oxygens (including phenoxy) is 1. The highest BCUT2D eigenvalue weighted by Gasteiger charge is 2.36. The lowest BCUT2D eigenvalue weighted by Gasteiger charge is -2.35. The van der Waals surface area contributed by atoms with Crippen LogP contribution >= 0.6 is 0 Å². The molecule has 1 aliphatic heterocycles. The first-order valence-electron chi connectivity index (χ1n) is 11.4. The molecule has 1 aromatic heterocycles. The Morgan fingerprint density at radius 2 is 1.64 bits per heavy atom. The molecule has 1 saturated heterocycles. The van der Waals surface area contributed by atoms with Gasteiger partial charge in [0.25, 0.3) is 5.91 Å². The van der Waals surface area contributed by atoms with Crippen molar-refractivity contribution in [1.29, 1.82) is 0 Å². The molecule has 4 rings (SSSR count). The van der Waals surface area contributed by atoms with Crippen molar-refractivity contribution in [2.75, 3.05) is 36.4 Å². The molecule has 0 atom stereocenters. The molecule has 2 heterocycles. The van der Waals surface area contributed by atoms with Gasteiger partial charge in [-0.2, -0.15) is 13.2 Å². The Balaban J connectivity index is 1.31. The van der Waals surface area contributed by atoms with Gasteiger partial charge in [-0.25, -0.2) is 4.79 Å². The molecule has 0 spiro atoms. The summed E-state index contributed by atoms with van der Waals surface area (Å²) in [5, 5.41) is 10.6. The van der Waals surface area contributed by atoms with Crippen molar-refractivity contribution in [2.45, 2.75) is 19.5 Å². The highest BCUT2D eigenvalue weighted by Crippen LogP contribution is 2.32. The van der Waals surface area contributed by atoms with Crippen molar-refractivity contribution in [1.82, 2.24) is 15.1 Å². The van der Waals surface area contributed by atoms with Crippen molar-refractivity contribution < 1.29 is 27.5 Å². The third-order valence-corrected chi connectivity index (χ3v) is 5.79. The molecular weight excluding hydrogens is 475 g/mol. The van der Waals surface area contributed by atoms with Gasteiger partial charge in [0.2, 0.25) is 5.88 Å². The van der Waals surface area contributed by atoms with Gasteiger partial charge in [-0.15, -0.1) is 10.2 Å². The van der Waals surface area contributed by atoms with Crippen LogP contribution in [0.25, 0.3) is 0 Å². The van der Waals surface area contributed by atoms with E-state index in [4.69, 9.17) is 4.74 Å². The number of aryl methyl sites for hydroxylation is 1. The summed E-state index contributed by atoms with van der Waals surface area (Å²) in [6, 6.07) is 15.3. The van der Waals surface area contributed by atoms with Gasteiger partial charge < -0.3 is 14.5 Å². The van der Waals surface area contributed by atoms with Crippen molar-refractivity contribution in [2.24, 2.45) is 0 Å². The maximum atomic E-state index is 13.3. The Labute approximate surface area is 205 Å². The smallest absolute Gasteiger partial charge is 0.389 e. The van der Waals surface area contributed by atoms with Crippen LogP contribution in [0, 0.1) is 0 Å². The molecule has 0 saturated carbocycles. The predicted molar refractivity (Wildman–Crippen MR) is 127 cm³/mol. The van der Waals surface area contributed by atoms with Crippen molar-refractivity contribution >= 4 is 23.5 Å². The molecular formula is C25H24F3N5O3. The molecule has 2 aromatic carbocycles. The minimum atomic E-state index is -4.61. The van der Waals surface area contributed by atoms with Crippen LogP contribution in [0.3, 0.4) is 0 Å². The zero-order valence-corrected chi connectivity index (χ0v) is 19.5. The molecule has 0 unspecified atom stereocenters. The third-order valence-electron chi connectivity index (χ3n) is 5.79. The molecule has 8 nitrogen and oxygen atoms in total. The quantitative estimate of drug-likeness (QED) is 0.551. The molecule has 0 aliphatic carbocycles. The molecule has 36 heavy (non-hydrogen) atoms. The van der Waals surface area contributed by atoms with E-state index in [0.717, 1.165) is 18.1 Å². The Morgan fingerprint density at radius 3 is 2.25 bits per heavy atom. The number of carbonyl (C=O) groups is 2. The number of hydrogen-bond donors (Lipinski definition) is 1. The van der Waals surface area contributed by atoms with Crippen molar-refractivity contribution in [3.63, 3.8) is 0 Å². The number of anilines is 2. The van der Waals surface area contributed by atoms with Crippen LogP contribution in [0.2, 0.25) is 0 Å². The molecule has 1 N–H and O–H groups in total. The number of aromatic nitrogens is 2. The molecule has 0 bridgehead atoms. The van der Waals surface area contributed by atoms with Crippen LogP contribution < -0.4 is 15.0 Å². The van der Waals surface area contributed by atoms with Crippen LogP contribution in [0.5, 0.6) is 5.88 Å². The van der Waals surface area contributed by atoms with E-state index in [-0.39, 0.29) is 24.5 Å². The maximum Gasteiger partial charge on any atom is 0.418 e. The number of piperazine rings is 1. The number of alkyl halides is 3. The van der Waals surface area contributed by atoms with Crippen LogP contribution in [-0.2, 0) is 12.6 Å². The van der Waals surface area contributed by atoms with Gasteiger partial charge in [-0.3, -0.25) is 10.1 Å². The second-order valence-corrected chi connectivity index (χ2v) is 8.12. The lowest BCUT2D eigenvalue weighted by atomic mass is 10.1. The predicted octanol–water partition coefficient (Wildman–Crippen LogP) is 4.63. The van der Waals surface area contributed by atoms with Gasteiger partial charge in [-0.05, 0) is 42.3 Å². The largest absolute Gasteiger partial charge is 0.418 e. The van der Waals surface area contributed by atoms with Gasteiger partial charge in [0, 0.05) is 37.9 Å². The second-order valence-electron chi connectivity index (χ2n) is 8.12. The fraction of sp³-hybridized carbons (Fsp3) is 0.280. The summed E-state index contributed by atoms with van der Waals surface area (Å²) >= 11 is 0. The van der Waals surface area contributed by atoms with E-state index in [1.54, 1.807) is 18.2 Å². The Bertz CT molecular complexity index is 1210. The zero-order chi connectivity index (χ0) is 25.7. The Morgan fingerprint density at radius 1 is 0.944 bits per heavy atom. The van der Waals surface area contributed by atoms with Crippen LogP contribution in [0.4, 0.5) is 29.5 Å². The average molecular weight is 499 g/mol. The summed E-state index contributed by atoms with van der Waals surface area (Å²) in [7, 11) is 0. The molecule has 2 amide bonds. The molecule has 11 heteroatoms. The molecule has 1 aliphatic rings. The van der Waals surface area contributed by atoms with Crippen LogP contribution in [-0.4, -0.2) is 53.3 Å². The summed E-state index contributed by atoms with van der Waals surface area (Å²) in [5.41, 5.74) is 0.430. The number of nitrogens with zero attached hydrogens (tertiary/aromatic N) is 4. The Hall–Kier alpha value is -4.15. The SMILES string of the molecule is CCc1ccc(NC(=O)Oc2ccc(N3CCN(C(=O)c4ccccc4C(F)(F)F)CC3)nn2)cc1. The first-order valence-corrected chi connectivity index (χ1v) is 11.4. The van der Waals surface area contributed by atoms with Gasteiger partial charge in [0.15, 0.2) is 5.82 Å². The monoisotopic (exact) mass is 499 g/mol. The highest BCUT2D eigenvalue weighted by molar-refractivity contribution is 5.96. The molecule has 188 valence electrons. The van der Waals surface area contributed by atoms with E-state index in [9.17, 15) is 22.8 Å². The summed E-state index contributed by atoms with van der Waals surface area (Å²) < 4.78 is 45.0. The van der Waals surface area contributed by atoms with Crippen LogP contribution in [0.1, 0.15) is 28.4 Å². The van der Waals surface area contributed by atoms with Gasteiger partial charge in [-0.1, -0.05) is 31.2 Å². The summed E-state index contributed by atoms with van der Waals surface area (Å²) in [4.78, 5) is 28.1. The van der Waals surface area contributed by atoms with E-state index in [1.165, 1.54) is 29.2 Å². The second kappa shape index (κ2) is 10.6. The normalized spacial score (nSPS) is 13.9. The number of rotatable bonds is 5. The van der Waals surface area contributed by atoms with Gasteiger partial charge >= 0.3 is 12.3 Å². The standard InChI is InChI=1S/C25H24F3N5O3/c1-2-17-7-9-18(10-8-17)29-24(35)36-22-12-11-21(30-31-22)32-13-15-33(16-14-32)23(34)19-5-3-4-6-20(19)25(26,27)28/h3-12H,2,13-16H2,1H3,(H,29,35). The van der Waals surface area contributed by atoms with E-state index in [2.05, 4.69) is 15.5 Å². The summed E-state index contributed by atoms with van der Waals surface area (Å²) in [6.07, 6.45) is -4.42. The first-order chi connectivity index (χ1) is 17.2. The maximum absolute atomic E-state index is 13.3. The van der Waals surface area contributed by atoms with Gasteiger partial charge in [0.05, 0.1) is 11.1 Å². The number of amides is 2. The zero-order valence-electron chi connectivity index (χ0n) is 19.5. The topological polar surface area (TPSA) is 87.7 Å². The van der Waals surface area contributed by atoms with E-state index < -0.39 is 23.7 Å². The van der Waals surface area contributed by atoms with Crippen molar-refractivity contribution in [3.05, 3.63) is 77.4 Å². The summed E-state index contributed by atoms with van der Waals surface area (Å²) in [5.74, 6) is -0.146. The number of nitrogens with one attached hydrogen (secondary N) is 1. The first kappa shape index (κ1) is 25.0. The molecule has 1 fully saturated rings. The summed E-state index contributed by atoms with van der Waals surface area (Å²) in [6.45, 7) is 3.22. The lowest BCUT2D eigenvalue weighted by Crippen LogP contribution is -2.49. The minimum Gasteiger partial charge on any atom is -0.389 e. The van der Waals surface area contributed by atoms with E-state index >= 15 is 0 Å². The minimum absolute atomic E-state index is 0.0130. The third kappa shape index (κ3) is 5.91. The van der Waals surface area contributed by atoms with E-state index in [0.29, 0.717) is 24.6 Å². The van der Waals surface area contributed by atoms with Gasteiger partial charge in [0.1, 0.15) is 0 Å². The average Bonchev–Trinajstić information content (AvgIpc) is 2.89. The lowest BCUT2D eigenvalue weighted by molar-refractivity contribution is -0.138. The number of carbonyl (C=O) groups excluding carboxylic acids is 2.